The summed E-state index contributed by atoms with van der Waals surface area (Å²) in [6.07, 6.45) is 7.28. The number of hydrogen-bond donors (Lipinski definition) is 2. The maximum absolute atomic E-state index is 13.1. The van der Waals surface area contributed by atoms with Crippen LogP contribution in [0.4, 0.5) is 0 Å². The van der Waals surface area contributed by atoms with E-state index in [0.29, 0.717) is 31.0 Å². The molecule has 1 aromatic rings. The zero-order chi connectivity index (χ0) is 23.8. The highest BCUT2D eigenvalue weighted by molar-refractivity contribution is 5.87. The summed E-state index contributed by atoms with van der Waals surface area (Å²) in [5.74, 6) is 1.23. The Morgan fingerprint density at radius 1 is 1.03 bits per heavy atom. The molecule has 1 heterocycles. The fourth-order valence-corrected chi connectivity index (χ4v) is 4.85. The highest BCUT2D eigenvalue weighted by Gasteiger charge is 2.31. The first-order valence-electron chi connectivity index (χ1n) is 12.0. The Kier molecular flexibility index (Phi) is 8.97. The standard InChI is InChI=1S/C25H37N3O5/c1-17(29)26-22(15-19-9-10-21(32-2)16-23(19)33-3)24(30)27-20-11-13-28(14-12-20)25(31)18-7-5-4-6-8-18/h9-10,16,18,20,22H,4-8,11-15H2,1-3H3,(H,26,29)(H,27,30)/t22-/m1/s1. The zero-order valence-electron chi connectivity index (χ0n) is 20.0. The van der Waals surface area contributed by atoms with Crippen LogP contribution in [0.15, 0.2) is 18.2 Å². The molecule has 1 aliphatic carbocycles. The number of hydrogen-bond acceptors (Lipinski definition) is 5. The molecule has 1 aliphatic heterocycles. The Hall–Kier alpha value is -2.77. The third-order valence-electron chi connectivity index (χ3n) is 6.72. The molecule has 182 valence electrons. The van der Waals surface area contributed by atoms with Crippen molar-refractivity contribution in [2.45, 2.75) is 70.4 Å². The summed E-state index contributed by atoms with van der Waals surface area (Å²) in [5.41, 5.74) is 0.806. The predicted molar refractivity (Wildman–Crippen MR) is 125 cm³/mol. The van der Waals surface area contributed by atoms with Crippen LogP contribution < -0.4 is 20.1 Å². The molecule has 3 amide bonds. The summed E-state index contributed by atoms with van der Waals surface area (Å²) in [4.78, 5) is 39.6. The monoisotopic (exact) mass is 459 g/mol. The van der Waals surface area contributed by atoms with E-state index in [1.807, 2.05) is 11.0 Å². The Morgan fingerprint density at radius 2 is 1.73 bits per heavy atom. The zero-order valence-corrected chi connectivity index (χ0v) is 20.0. The minimum Gasteiger partial charge on any atom is -0.497 e. The molecule has 33 heavy (non-hydrogen) atoms. The van der Waals surface area contributed by atoms with Gasteiger partial charge >= 0.3 is 0 Å². The van der Waals surface area contributed by atoms with Crippen LogP contribution in [-0.2, 0) is 20.8 Å². The van der Waals surface area contributed by atoms with Crippen LogP contribution in [-0.4, -0.2) is 62.0 Å². The van der Waals surface area contributed by atoms with Crippen molar-refractivity contribution in [2.24, 2.45) is 5.92 Å². The second kappa shape index (κ2) is 11.9. The van der Waals surface area contributed by atoms with E-state index in [0.717, 1.165) is 44.1 Å². The first-order chi connectivity index (χ1) is 15.9. The Bertz CT molecular complexity index is 829. The molecule has 2 N–H and O–H groups in total. The van der Waals surface area contributed by atoms with Gasteiger partial charge in [-0.15, -0.1) is 0 Å². The smallest absolute Gasteiger partial charge is 0.243 e. The summed E-state index contributed by atoms with van der Waals surface area (Å²) < 4.78 is 10.7. The van der Waals surface area contributed by atoms with Crippen LogP contribution in [0.1, 0.15) is 57.4 Å². The number of rotatable bonds is 8. The SMILES string of the molecule is COc1ccc(C[C@@H](NC(C)=O)C(=O)NC2CCN(C(=O)C3CCCCC3)CC2)c(OC)c1. The van der Waals surface area contributed by atoms with Gasteiger partial charge in [-0.25, -0.2) is 0 Å². The van der Waals surface area contributed by atoms with E-state index in [9.17, 15) is 14.4 Å². The van der Waals surface area contributed by atoms with Crippen molar-refractivity contribution >= 4 is 17.7 Å². The first kappa shape index (κ1) is 24.9. The Morgan fingerprint density at radius 3 is 2.33 bits per heavy atom. The lowest BCUT2D eigenvalue weighted by atomic mass is 9.87. The molecular weight excluding hydrogens is 422 g/mol. The summed E-state index contributed by atoms with van der Waals surface area (Å²) in [6, 6.07) is 4.68. The van der Waals surface area contributed by atoms with E-state index >= 15 is 0 Å². The predicted octanol–water partition coefficient (Wildman–Crippen LogP) is 2.44. The number of nitrogens with one attached hydrogen (secondary N) is 2. The number of ether oxygens (including phenoxy) is 2. The van der Waals surface area contributed by atoms with Crippen LogP contribution >= 0.6 is 0 Å². The van der Waals surface area contributed by atoms with Gasteiger partial charge in [0.2, 0.25) is 17.7 Å². The maximum atomic E-state index is 13.1. The maximum Gasteiger partial charge on any atom is 0.243 e. The molecule has 2 aliphatic rings. The molecule has 0 radical (unpaired) electrons. The molecule has 0 aromatic heterocycles. The van der Waals surface area contributed by atoms with Crippen molar-refractivity contribution in [3.8, 4) is 11.5 Å². The number of carbonyl (C=O) groups is 3. The van der Waals surface area contributed by atoms with Gasteiger partial charge < -0.3 is 25.0 Å². The second-order valence-corrected chi connectivity index (χ2v) is 9.08. The molecule has 0 bridgehead atoms. The summed E-state index contributed by atoms with van der Waals surface area (Å²) in [6.45, 7) is 2.73. The highest BCUT2D eigenvalue weighted by Crippen LogP contribution is 2.27. The van der Waals surface area contributed by atoms with Crippen LogP contribution in [0.2, 0.25) is 0 Å². The second-order valence-electron chi connectivity index (χ2n) is 9.08. The summed E-state index contributed by atoms with van der Waals surface area (Å²) in [7, 11) is 3.14. The van der Waals surface area contributed by atoms with E-state index in [1.165, 1.54) is 13.3 Å². The van der Waals surface area contributed by atoms with Crippen molar-refractivity contribution < 1.29 is 23.9 Å². The largest absolute Gasteiger partial charge is 0.497 e. The average molecular weight is 460 g/mol. The van der Waals surface area contributed by atoms with Crippen molar-refractivity contribution in [3.05, 3.63) is 23.8 Å². The van der Waals surface area contributed by atoms with Crippen molar-refractivity contribution in [2.75, 3.05) is 27.3 Å². The minimum atomic E-state index is -0.716. The molecule has 8 heteroatoms. The van der Waals surface area contributed by atoms with Gasteiger partial charge in [0.05, 0.1) is 14.2 Å². The number of amides is 3. The Labute approximate surface area is 196 Å². The summed E-state index contributed by atoms with van der Waals surface area (Å²) in [5, 5.41) is 5.85. The molecular formula is C25H37N3O5. The molecule has 1 atom stereocenters. The normalized spacial score (nSPS) is 18.3. The molecule has 1 aromatic carbocycles. The van der Waals surface area contributed by atoms with Crippen molar-refractivity contribution in [1.82, 2.24) is 15.5 Å². The van der Waals surface area contributed by atoms with Gasteiger partial charge in [0, 0.05) is 44.5 Å². The van der Waals surface area contributed by atoms with E-state index in [1.54, 1.807) is 26.4 Å². The average Bonchev–Trinajstić information content (AvgIpc) is 2.84. The van der Waals surface area contributed by atoms with Crippen LogP contribution in [0, 0.1) is 5.92 Å². The van der Waals surface area contributed by atoms with E-state index in [4.69, 9.17) is 9.47 Å². The summed E-state index contributed by atoms with van der Waals surface area (Å²) >= 11 is 0. The first-order valence-corrected chi connectivity index (χ1v) is 12.0. The lowest BCUT2D eigenvalue weighted by Crippen LogP contribution is -2.53. The van der Waals surface area contributed by atoms with Gasteiger partial charge in [0.1, 0.15) is 17.5 Å². The molecule has 0 unspecified atom stereocenters. The lowest BCUT2D eigenvalue weighted by Gasteiger charge is -2.36. The fraction of sp³-hybridized carbons (Fsp3) is 0.640. The van der Waals surface area contributed by atoms with Gasteiger partial charge in [0.25, 0.3) is 0 Å². The number of benzene rings is 1. The molecule has 0 spiro atoms. The van der Waals surface area contributed by atoms with E-state index in [-0.39, 0.29) is 29.7 Å². The van der Waals surface area contributed by atoms with Crippen molar-refractivity contribution in [1.29, 1.82) is 0 Å². The topological polar surface area (TPSA) is 97.0 Å². The lowest BCUT2D eigenvalue weighted by molar-refractivity contribution is -0.138. The number of methoxy groups -OCH3 is 2. The number of piperidine rings is 1. The number of nitrogens with zero attached hydrogens (tertiary/aromatic N) is 1. The van der Waals surface area contributed by atoms with Gasteiger partial charge in [-0.3, -0.25) is 14.4 Å². The Balaban J connectivity index is 1.57. The van der Waals surface area contributed by atoms with Gasteiger partial charge in [0.15, 0.2) is 0 Å². The van der Waals surface area contributed by atoms with Crippen LogP contribution in [0.5, 0.6) is 11.5 Å². The van der Waals surface area contributed by atoms with Gasteiger partial charge in [-0.1, -0.05) is 25.3 Å². The van der Waals surface area contributed by atoms with Crippen LogP contribution in [0.25, 0.3) is 0 Å². The van der Waals surface area contributed by atoms with E-state index in [2.05, 4.69) is 10.6 Å². The van der Waals surface area contributed by atoms with E-state index < -0.39 is 6.04 Å². The van der Waals surface area contributed by atoms with Crippen molar-refractivity contribution in [3.63, 3.8) is 0 Å². The molecule has 8 nitrogen and oxygen atoms in total. The molecule has 2 fully saturated rings. The van der Waals surface area contributed by atoms with Gasteiger partial charge in [-0.2, -0.15) is 0 Å². The molecule has 1 saturated carbocycles. The fourth-order valence-electron chi connectivity index (χ4n) is 4.85. The third-order valence-corrected chi connectivity index (χ3v) is 6.72. The number of carbonyl (C=O) groups excluding carboxylic acids is 3. The minimum absolute atomic E-state index is 0.0121. The quantitative estimate of drug-likeness (QED) is 0.622. The number of likely N-dealkylation sites (tertiary alicyclic amines) is 1. The molecule has 3 rings (SSSR count). The van der Waals surface area contributed by atoms with Crippen LogP contribution in [0.3, 0.4) is 0 Å². The third kappa shape index (κ3) is 6.85. The van der Waals surface area contributed by atoms with Gasteiger partial charge in [-0.05, 0) is 37.3 Å². The molecule has 1 saturated heterocycles. The highest BCUT2D eigenvalue weighted by atomic mass is 16.5.